The first-order chi connectivity index (χ1) is 3.66. The molecular weight excluding hydrogens is 308 g/mol. The van der Waals surface area contributed by atoms with Crippen LogP contribution in [-0.2, 0) is 23.3 Å². The van der Waals surface area contributed by atoms with Gasteiger partial charge in [0.2, 0.25) is 0 Å². The van der Waals surface area contributed by atoms with E-state index in [-0.39, 0.29) is 0 Å². The number of rotatable bonds is 2. The molecule has 0 radical (unpaired) electrons. The molecule has 0 fully saturated rings. The first-order valence-electron chi connectivity index (χ1n) is 2.90. The van der Waals surface area contributed by atoms with Gasteiger partial charge >= 0.3 is 67.4 Å². The van der Waals surface area contributed by atoms with Crippen molar-refractivity contribution in [2.24, 2.45) is 5.92 Å². The summed E-state index contributed by atoms with van der Waals surface area (Å²) in [6.45, 7) is 6.52. The van der Waals surface area contributed by atoms with E-state index < -0.39 is 23.3 Å². The number of allylic oxidation sites excluding steroid dienone is 2. The summed E-state index contributed by atoms with van der Waals surface area (Å²) in [6.07, 6.45) is 2.27. The second-order valence-electron chi connectivity index (χ2n) is 2.39. The first-order valence-corrected chi connectivity index (χ1v) is 12.4. The van der Waals surface area contributed by atoms with Gasteiger partial charge in [-0.3, -0.25) is 0 Å². The summed E-state index contributed by atoms with van der Waals surface area (Å²) in [5.74, 6) is 0.689. The van der Waals surface area contributed by atoms with Crippen LogP contribution in [0.15, 0.2) is 9.16 Å². The van der Waals surface area contributed by atoms with Gasteiger partial charge in [-0.1, -0.05) is 0 Å². The zero-order valence-corrected chi connectivity index (χ0v) is 12.0. The molecule has 0 aliphatic carbocycles. The van der Waals surface area contributed by atoms with Crippen molar-refractivity contribution in [2.45, 2.75) is 20.8 Å². The summed E-state index contributed by atoms with van der Waals surface area (Å²) in [5, 5.41) is 0. The Labute approximate surface area is 67.2 Å². The monoisotopic (exact) mass is 320 g/mol. The molecule has 0 rings (SSSR count). The van der Waals surface area contributed by atoms with Gasteiger partial charge in [0, 0.05) is 0 Å². The summed E-state index contributed by atoms with van der Waals surface area (Å²) in [4.78, 5) is 0. The number of halogens is 1. The molecule has 44 valence electrons. The van der Waals surface area contributed by atoms with E-state index in [1.807, 2.05) is 0 Å². The maximum atomic E-state index is 5.75. The molecule has 0 N–H and O–H groups in total. The molecule has 0 aromatic carbocycles. The molecule has 0 nitrogen and oxygen atoms in total. The summed E-state index contributed by atoms with van der Waals surface area (Å²) in [6, 6.07) is 0. The minimum absolute atomic E-state index is 0.689. The Bertz CT molecular complexity index is 86.5. The van der Waals surface area contributed by atoms with Crippen LogP contribution in [0.5, 0.6) is 0 Å². The Morgan fingerprint density at radius 3 is 2.25 bits per heavy atom. The maximum absolute atomic E-state index is 5.75. The molecule has 0 unspecified atom stereocenters. The van der Waals surface area contributed by atoms with E-state index in [2.05, 4.69) is 26.8 Å². The second kappa shape index (κ2) is 4.81. The predicted molar refractivity (Wildman–Crippen MR) is 34.4 cm³/mol. The van der Waals surface area contributed by atoms with E-state index in [0.29, 0.717) is 5.92 Å². The molecule has 0 saturated heterocycles. The fourth-order valence-corrected chi connectivity index (χ4v) is 3.57. The van der Waals surface area contributed by atoms with E-state index in [0.717, 1.165) is 0 Å². The average molecular weight is 319 g/mol. The Balaban J connectivity index is 3.56. The van der Waals surface area contributed by atoms with Crippen molar-refractivity contribution in [3.05, 3.63) is 9.16 Å². The van der Waals surface area contributed by atoms with E-state index in [9.17, 15) is 0 Å². The molecule has 0 saturated carbocycles. The minimum atomic E-state index is -0.993. The first kappa shape index (κ1) is 8.97. The van der Waals surface area contributed by atoms with Crippen LogP contribution in [0.3, 0.4) is 0 Å². The van der Waals surface area contributed by atoms with Gasteiger partial charge in [-0.2, -0.15) is 0 Å². The van der Waals surface area contributed by atoms with E-state index in [4.69, 9.17) is 8.25 Å². The molecule has 8 heavy (non-hydrogen) atoms. The third-order valence-electron chi connectivity index (χ3n) is 0.829. The van der Waals surface area contributed by atoms with E-state index >= 15 is 0 Å². The number of hydrogen-bond acceptors (Lipinski definition) is 0. The summed E-state index contributed by atoms with van der Waals surface area (Å²) in [7, 11) is 5.75. The van der Waals surface area contributed by atoms with E-state index in [1.165, 1.54) is 3.08 Å². The topological polar surface area (TPSA) is 0 Å². The number of hydrogen-bond donors (Lipinski definition) is 0. The Hall–Kier alpha value is 0.965. The molecule has 0 atom stereocenters. The standard InChI is InChI=1S/C6H11.ClH.Hg/c1-4-5-6(2)3;;/h5-6H,1-3H3;1H;/q;;+1/p-1. The zero-order chi connectivity index (χ0) is 6.57. The predicted octanol–water partition coefficient (Wildman–Crippen LogP) is 2.78. The zero-order valence-electron chi connectivity index (χ0n) is 5.74. The van der Waals surface area contributed by atoms with Crippen LogP contribution < -0.4 is 0 Å². The summed E-state index contributed by atoms with van der Waals surface area (Å²) < 4.78 is 1.49. The molecule has 0 amide bonds. The van der Waals surface area contributed by atoms with Crippen LogP contribution >= 0.6 is 8.25 Å². The van der Waals surface area contributed by atoms with Gasteiger partial charge < -0.3 is 0 Å². The quantitative estimate of drug-likeness (QED) is 0.687. The fraction of sp³-hybridized carbons (Fsp3) is 0.667. The van der Waals surface area contributed by atoms with Crippen LogP contribution in [0, 0.1) is 5.92 Å². The van der Waals surface area contributed by atoms with Crippen molar-refractivity contribution in [3.63, 3.8) is 0 Å². The van der Waals surface area contributed by atoms with Crippen LogP contribution in [0.2, 0.25) is 0 Å². The van der Waals surface area contributed by atoms with Crippen molar-refractivity contribution in [2.75, 3.05) is 0 Å². The Morgan fingerprint density at radius 2 is 2.12 bits per heavy atom. The van der Waals surface area contributed by atoms with Gasteiger partial charge in [0.15, 0.2) is 0 Å². The van der Waals surface area contributed by atoms with Crippen LogP contribution in [-0.4, -0.2) is 0 Å². The summed E-state index contributed by atoms with van der Waals surface area (Å²) >= 11 is -0.993. The molecule has 0 heterocycles. The molecule has 2 heteroatoms. The third-order valence-corrected chi connectivity index (χ3v) is 7.08. The third kappa shape index (κ3) is 5.11. The average Bonchev–Trinajstić information content (AvgIpc) is 1.65. The molecule has 0 aliphatic rings. The van der Waals surface area contributed by atoms with E-state index in [1.54, 1.807) is 0 Å². The SMILES string of the molecule is C/[C](=C\C(C)C)[Hg][Cl]. The van der Waals surface area contributed by atoms with Gasteiger partial charge in [0.05, 0.1) is 0 Å². The van der Waals surface area contributed by atoms with Gasteiger partial charge in [-0.25, -0.2) is 0 Å². The Morgan fingerprint density at radius 1 is 1.62 bits per heavy atom. The van der Waals surface area contributed by atoms with Crippen molar-refractivity contribution in [1.82, 2.24) is 0 Å². The Kier molecular flexibility index (Phi) is 5.39. The molecule has 0 aromatic heterocycles. The molecule has 0 spiro atoms. The van der Waals surface area contributed by atoms with Crippen molar-refractivity contribution in [1.29, 1.82) is 0 Å². The van der Waals surface area contributed by atoms with Crippen LogP contribution in [0.25, 0.3) is 0 Å². The van der Waals surface area contributed by atoms with Crippen LogP contribution in [0.4, 0.5) is 0 Å². The van der Waals surface area contributed by atoms with Gasteiger partial charge in [0.1, 0.15) is 0 Å². The van der Waals surface area contributed by atoms with Gasteiger partial charge in [-0.15, -0.1) is 0 Å². The summed E-state index contributed by atoms with van der Waals surface area (Å²) in [5.41, 5.74) is 0. The molecule has 0 aromatic rings. The van der Waals surface area contributed by atoms with Crippen molar-refractivity contribution >= 4 is 8.25 Å². The van der Waals surface area contributed by atoms with Gasteiger partial charge in [-0.05, 0) is 0 Å². The van der Waals surface area contributed by atoms with Crippen molar-refractivity contribution < 1.29 is 23.3 Å². The fourth-order valence-electron chi connectivity index (χ4n) is 0.614. The molecule has 0 bridgehead atoms. The molecule has 0 aliphatic heterocycles. The normalized spacial score (nSPS) is 11.9. The van der Waals surface area contributed by atoms with Gasteiger partial charge in [0.25, 0.3) is 0 Å². The molecular formula is C6H11ClHg. The second-order valence-corrected chi connectivity index (χ2v) is 10.1. The van der Waals surface area contributed by atoms with Crippen molar-refractivity contribution in [3.8, 4) is 0 Å². The van der Waals surface area contributed by atoms with Crippen LogP contribution in [0.1, 0.15) is 20.8 Å².